The van der Waals surface area contributed by atoms with E-state index in [1.165, 1.54) is 17.0 Å². The highest BCUT2D eigenvalue weighted by molar-refractivity contribution is 6.31. The maximum atomic E-state index is 12.9. The van der Waals surface area contributed by atoms with E-state index in [0.29, 0.717) is 30.1 Å². The second-order valence-corrected chi connectivity index (χ2v) is 7.48. The average Bonchev–Trinajstić information content (AvgIpc) is 2.70. The molecule has 2 amide bonds. The third kappa shape index (κ3) is 4.90. The number of amides is 2. The van der Waals surface area contributed by atoms with E-state index in [0.717, 1.165) is 17.7 Å². The number of nitrogens with zero attached hydrogens (tertiary/aromatic N) is 1. The smallest absolute Gasteiger partial charge is 0.338 e. The molecule has 1 aliphatic heterocycles. The molecule has 4 nitrogen and oxygen atoms in total. The van der Waals surface area contributed by atoms with Crippen LogP contribution in [-0.4, -0.2) is 29.8 Å². The van der Waals surface area contributed by atoms with E-state index in [1.54, 1.807) is 25.1 Å². The van der Waals surface area contributed by atoms with E-state index < -0.39 is 23.6 Å². The van der Waals surface area contributed by atoms with Crippen LogP contribution in [0.15, 0.2) is 42.5 Å². The average molecular weight is 425 g/mol. The molecular formula is C21H20ClF3N2O2. The van der Waals surface area contributed by atoms with Gasteiger partial charge < -0.3 is 10.2 Å². The molecule has 1 fully saturated rings. The number of benzene rings is 2. The first-order valence-corrected chi connectivity index (χ1v) is 9.57. The van der Waals surface area contributed by atoms with Crippen LogP contribution in [-0.2, 0) is 11.0 Å². The van der Waals surface area contributed by atoms with Crippen molar-refractivity contribution in [3.8, 4) is 0 Å². The number of rotatable bonds is 3. The van der Waals surface area contributed by atoms with E-state index in [9.17, 15) is 22.8 Å². The summed E-state index contributed by atoms with van der Waals surface area (Å²) in [6.07, 6.45) is -3.33. The predicted molar refractivity (Wildman–Crippen MR) is 105 cm³/mol. The number of halogens is 4. The molecule has 1 atom stereocenters. The molecule has 0 bridgehead atoms. The Morgan fingerprint density at radius 3 is 2.62 bits per heavy atom. The molecule has 154 valence electrons. The second-order valence-electron chi connectivity index (χ2n) is 7.07. The first-order chi connectivity index (χ1) is 13.7. The van der Waals surface area contributed by atoms with Gasteiger partial charge in [-0.15, -0.1) is 0 Å². The van der Waals surface area contributed by atoms with Gasteiger partial charge in [-0.25, -0.2) is 0 Å². The van der Waals surface area contributed by atoms with Gasteiger partial charge in [0.25, 0.3) is 5.91 Å². The van der Waals surface area contributed by atoms with Crippen LogP contribution >= 0.6 is 11.6 Å². The summed E-state index contributed by atoms with van der Waals surface area (Å²) in [4.78, 5) is 26.8. The van der Waals surface area contributed by atoms with Crippen LogP contribution < -0.4 is 5.32 Å². The zero-order chi connectivity index (χ0) is 21.2. The molecule has 0 unspecified atom stereocenters. The van der Waals surface area contributed by atoms with Crippen molar-refractivity contribution in [3.05, 3.63) is 64.2 Å². The minimum absolute atomic E-state index is 0.0356. The second kappa shape index (κ2) is 8.45. The fourth-order valence-corrected chi connectivity index (χ4v) is 3.54. The molecule has 1 saturated heterocycles. The highest BCUT2D eigenvalue weighted by atomic mass is 35.5. The van der Waals surface area contributed by atoms with Crippen molar-refractivity contribution < 1.29 is 22.8 Å². The Hall–Kier alpha value is -2.54. The number of nitrogens with one attached hydrogen (secondary N) is 1. The van der Waals surface area contributed by atoms with Gasteiger partial charge in [0.05, 0.1) is 11.5 Å². The Labute approximate surface area is 171 Å². The summed E-state index contributed by atoms with van der Waals surface area (Å²) in [6, 6.07) is 9.55. The number of hydrogen-bond donors (Lipinski definition) is 1. The fraction of sp³-hybridized carbons (Fsp3) is 0.333. The standard InChI is InChI=1S/C21H20ClF3N2O2/c1-13-17(22)8-3-9-18(13)26-19(28)15-6-4-10-27(12-15)20(29)14-5-2-7-16(11-14)21(23,24)25/h2-3,5,7-9,11,15H,4,6,10,12H2,1H3,(H,26,28)/t15-/m1/s1. The van der Waals surface area contributed by atoms with E-state index >= 15 is 0 Å². The van der Waals surface area contributed by atoms with E-state index in [2.05, 4.69) is 5.32 Å². The lowest BCUT2D eigenvalue weighted by atomic mass is 9.96. The molecule has 0 saturated carbocycles. The largest absolute Gasteiger partial charge is 0.416 e. The van der Waals surface area contributed by atoms with Crippen LogP contribution in [0.25, 0.3) is 0 Å². The van der Waals surface area contributed by atoms with Crippen molar-refractivity contribution in [2.75, 3.05) is 18.4 Å². The minimum atomic E-state index is -4.52. The Bertz CT molecular complexity index is 930. The SMILES string of the molecule is Cc1c(Cl)cccc1NC(=O)[C@@H]1CCCN(C(=O)c2cccc(C(F)(F)F)c2)C1. The van der Waals surface area contributed by atoms with Gasteiger partial charge in [-0.2, -0.15) is 13.2 Å². The van der Waals surface area contributed by atoms with Crippen molar-refractivity contribution in [2.24, 2.45) is 5.92 Å². The van der Waals surface area contributed by atoms with Gasteiger partial charge in [0.2, 0.25) is 5.91 Å². The highest BCUT2D eigenvalue weighted by Crippen LogP contribution is 2.30. The molecule has 29 heavy (non-hydrogen) atoms. The van der Waals surface area contributed by atoms with Crippen molar-refractivity contribution in [1.29, 1.82) is 0 Å². The summed E-state index contributed by atoms with van der Waals surface area (Å²) in [6.45, 7) is 2.35. The van der Waals surface area contributed by atoms with Gasteiger partial charge in [-0.05, 0) is 55.7 Å². The molecular weight excluding hydrogens is 405 g/mol. The van der Waals surface area contributed by atoms with E-state index in [4.69, 9.17) is 11.6 Å². The van der Waals surface area contributed by atoms with Crippen molar-refractivity contribution in [3.63, 3.8) is 0 Å². The highest BCUT2D eigenvalue weighted by Gasteiger charge is 2.33. The van der Waals surface area contributed by atoms with Gasteiger partial charge in [0.1, 0.15) is 0 Å². The van der Waals surface area contributed by atoms with Crippen LogP contribution in [0.3, 0.4) is 0 Å². The number of anilines is 1. The Balaban J connectivity index is 1.71. The van der Waals surface area contributed by atoms with Gasteiger partial charge in [-0.3, -0.25) is 9.59 Å². The van der Waals surface area contributed by atoms with Gasteiger partial charge in [-0.1, -0.05) is 23.7 Å². The predicted octanol–water partition coefficient (Wildman–Crippen LogP) is 5.16. The minimum Gasteiger partial charge on any atom is -0.338 e. The molecule has 0 spiro atoms. The summed E-state index contributed by atoms with van der Waals surface area (Å²) < 4.78 is 38.8. The lowest BCUT2D eigenvalue weighted by Crippen LogP contribution is -2.43. The van der Waals surface area contributed by atoms with Crippen LogP contribution in [0.1, 0.15) is 34.3 Å². The van der Waals surface area contributed by atoms with Crippen molar-refractivity contribution in [1.82, 2.24) is 4.90 Å². The lowest BCUT2D eigenvalue weighted by Gasteiger charge is -2.32. The van der Waals surface area contributed by atoms with Crippen LogP contribution in [0, 0.1) is 12.8 Å². The third-order valence-corrected chi connectivity index (χ3v) is 5.45. The monoisotopic (exact) mass is 424 g/mol. The Morgan fingerprint density at radius 1 is 1.17 bits per heavy atom. The first-order valence-electron chi connectivity index (χ1n) is 9.19. The van der Waals surface area contributed by atoms with Gasteiger partial charge >= 0.3 is 6.18 Å². The molecule has 1 heterocycles. The fourth-order valence-electron chi connectivity index (χ4n) is 3.36. The van der Waals surface area contributed by atoms with E-state index in [-0.39, 0.29) is 18.0 Å². The molecule has 0 aliphatic carbocycles. The molecule has 2 aromatic carbocycles. The molecule has 8 heteroatoms. The maximum absolute atomic E-state index is 12.9. The quantitative estimate of drug-likeness (QED) is 0.740. The van der Waals surface area contributed by atoms with Gasteiger partial charge in [0.15, 0.2) is 0 Å². The number of carbonyl (C=O) groups is 2. The molecule has 0 aromatic heterocycles. The van der Waals surface area contributed by atoms with Crippen molar-refractivity contribution in [2.45, 2.75) is 25.9 Å². The Morgan fingerprint density at radius 2 is 1.90 bits per heavy atom. The normalized spacial score (nSPS) is 17.1. The van der Waals surface area contributed by atoms with E-state index in [1.807, 2.05) is 0 Å². The van der Waals surface area contributed by atoms with Crippen LogP contribution in [0.5, 0.6) is 0 Å². The number of carbonyl (C=O) groups excluding carboxylic acids is 2. The zero-order valence-corrected chi connectivity index (χ0v) is 16.5. The summed E-state index contributed by atoms with van der Waals surface area (Å²) >= 11 is 6.08. The maximum Gasteiger partial charge on any atom is 0.416 e. The zero-order valence-electron chi connectivity index (χ0n) is 15.7. The molecule has 3 rings (SSSR count). The summed E-state index contributed by atoms with van der Waals surface area (Å²) in [5, 5.41) is 3.37. The summed E-state index contributed by atoms with van der Waals surface area (Å²) in [5.41, 5.74) is 0.441. The topological polar surface area (TPSA) is 49.4 Å². The van der Waals surface area contributed by atoms with Crippen LogP contribution in [0.4, 0.5) is 18.9 Å². The van der Waals surface area contributed by atoms with Crippen molar-refractivity contribution >= 4 is 29.1 Å². The number of likely N-dealkylation sites (tertiary alicyclic amines) is 1. The van der Waals surface area contributed by atoms with Gasteiger partial charge in [0, 0.05) is 29.4 Å². The molecule has 0 radical (unpaired) electrons. The number of alkyl halides is 3. The molecule has 1 N–H and O–H groups in total. The summed E-state index contributed by atoms with van der Waals surface area (Å²) in [5.74, 6) is -1.19. The van der Waals surface area contributed by atoms with Crippen LogP contribution in [0.2, 0.25) is 5.02 Å². The lowest BCUT2D eigenvalue weighted by molar-refractivity contribution is -0.137. The molecule has 2 aromatic rings. The molecule has 1 aliphatic rings. The number of hydrogen-bond acceptors (Lipinski definition) is 2. The third-order valence-electron chi connectivity index (χ3n) is 5.04. The first kappa shape index (κ1) is 21.2. The Kier molecular flexibility index (Phi) is 6.17. The number of piperidine rings is 1. The summed E-state index contributed by atoms with van der Waals surface area (Å²) in [7, 11) is 0.